The first-order chi connectivity index (χ1) is 17.5. The van der Waals surface area contributed by atoms with Crippen LogP contribution in [0.25, 0.3) is 38.8 Å². The van der Waals surface area contributed by atoms with Gasteiger partial charge in [0.15, 0.2) is 6.19 Å². The van der Waals surface area contributed by atoms with E-state index in [0.717, 1.165) is 22.9 Å². The molecule has 6 rings (SSSR count). The number of aryl methyl sites for hydroxylation is 1. The number of hydrogen-bond acceptors (Lipinski definition) is 6. The second-order valence-electron chi connectivity index (χ2n) is 8.91. The maximum Gasteiger partial charge on any atom is 0.255 e. The maximum absolute atomic E-state index is 15.2. The van der Waals surface area contributed by atoms with Crippen LogP contribution in [0.3, 0.4) is 0 Å². The van der Waals surface area contributed by atoms with Crippen LogP contribution in [0.4, 0.5) is 4.39 Å². The van der Waals surface area contributed by atoms with Crippen LogP contribution in [-0.4, -0.2) is 54.3 Å². The number of halogens is 1. The Kier molecular flexibility index (Phi) is 5.11. The number of nitrogens with one attached hydrogen (secondary N) is 1. The minimum atomic E-state index is -0.452. The lowest BCUT2D eigenvalue weighted by molar-refractivity contribution is 0.0940. The number of nitriles is 1. The van der Waals surface area contributed by atoms with Gasteiger partial charge in [0, 0.05) is 55.1 Å². The summed E-state index contributed by atoms with van der Waals surface area (Å²) in [5.74, 6) is -0.701. The molecule has 1 N–H and O–H groups in total. The van der Waals surface area contributed by atoms with Gasteiger partial charge in [0.25, 0.3) is 5.91 Å². The number of amides is 1. The molecule has 1 aliphatic rings. The van der Waals surface area contributed by atoms with E-state index >= 15 is 4.39 Å². The quantitative estimate of drug-likeness (QED) is 0.396. The van der Waals surface area contributed by atoms with E-state index in [1.807, 2.05) is 25.2 Å². The Bertz CT molecular complexity index is 1680. The summed E-state index contributed by atoms with van der Waals surface area (Å²) in [4.78, 5) is 18.8. The first-order valence-corrected chi connectivity index (χ1v) is 11.5. The van der Waals surface area contributed by atoms with E-state index in [-0.39, 0.29) is 17.6 Å². The Morgan fingerprint density at radius 3 is 2.72 bits per heavy atom. The molecule has 1 amide bonds. The van der Waals surface area contributed by atoms with Crippen LogP contribution in [-0.2, 0) is 7.05 Å². The lowest BCUT2D eigenvalue weighted by Crippen LogP contribution is -2.36. The molecular weight excluding hydrogens is 459 g/mol. The number of carbonyl (C=O) groups is 1. The third kappa shape index (κ3) is 3.71. The maximum atomic E-state index is 15.2. The molecule has 4 aromatic heterocycles. The lowest BCUT2D eigenvalue weighted by atomic mass is 10.0. The minimum Gasteiger partial charge on any atom is -0.347 e. The van der Waals surface area contributed by atoms with Gasteiger partial charge in [-0.1, -0.05) is 6.07 Å². The van der Waals surface area contributed by atoms with Gasteiger partial charge in [0.2, 0.25) is 0 Å². The zero-order chi connectivity index (χ0) is 24.8. The second-order valence-corrected chi connectivity index (χ2v) is 8.91. The second kappa shape index (κ2) is 8.46. The van der Waals surface area contributed by atoms with Crippen molar-refractivity contribution in [3.8, 4) is 28.6 Å². The number of benzene rings is 1. The summed E-state index contributed by atoms with van der Waals surface area (Å²) in [6.07, 6.45) is 9.40. The third-order valence-corrected chi connectivity index (χ3v) is 6.62. The van der Waals surface area contributed by atoms with E-state index in [1.54, 1.807) is 44.8 Å². The lowest BCUT2D eigenvalue weighted by Gasteiger charge is -2.11. The van der Waals surface area contributed by atoms with Crippen LogP contribution >= 0.6 is 0 Å². The summed E-state index contributed by atoms with van der Waals surface area (Å²) in [5.41, 5.74) is 4.29. The molecule has 1 atom stereocenters. The van der Waals surface area contributed by atoms with Crippen molar-refractivity contribution in [3.05, 3.63) is 72.6 Å². The van der Waals surface area contributed by atoms with E-state index in [0.29, 0.717) is 35.3 Å². The van der Waals surface area contributed by atoms with Crippen molar-refractivity contribution in [2.45, 2.75) is 12.5 Å². The monoisotopic (exact) mass is 480 g/mol. The fraction of sp³-hybridized carbons (Fsp3) is 0.192. The van der Waals surface area contributed by atoms with Crippen LogP contribution in [0, 0.1) is 17.3 Å². The largest absolute Gasteiger partial charge is 0.347 e. The highest BCUT2D eigenvalue weighted by atomic mass is 19.1. The number of aromatic nitrogens is 5. The first kappa shape index (κ1) is 21.7. The highest BCUT2D eigenvalue weighted by molar-refractivity contribution is 6.01. The number of hydrogen-bond donors (Lipinski definition) is 1. The van der Waals surface area contributed by atoms with Crippen LogP contribution < -0.4 is 5.32 Å². The normalized spacial score (nSPS) is 15.5. The molecule has 0 unspecified atom stereocenters. The number of carbonyl (C=O) groups excluding carboxylic acids is 1. The first-order valence-electron chi connectivity index (χ1n) is 11.5. The van der Waals surface area contributed by atoms with Crippen molar-refractivity contribution in [3.63, 3.8) is 0 Å². The minimum absolute atomic E-state index is 0.0814. The molecule has 0 bridgehead atoms. The van der Waals surface area contributed by atoms with Crippen molar-refractivity contribution in [1.29, 1.82) is 5.26 Å². The van der Waals surface area contributed by atoms with Crippen LogP contribution in [0.15, 0.2) is 61.2 Å². The molecule has 1 aliphatic heterocycles. The standard InChI is InChI=1S/C26H21FN8O/c1-33-23-4-2-16(8-19(23)11-30-33)18-9-22(27)25(29-10-18)17-3-5-24-21(12-31-35(24)13-17)26(36)32-20-6-7-34(14-20)15-28/h2-5,8-13,20H,6-7,14H2,1H3,(H,32,36)/t20-/m1/s1. The summed E-state index contributed by atoms with van der Waals surface area (Å²) < 4.78 is 18.5. The summed E-state index contributed by atoms with van der Waals surface area (Å²) in [6.45, 7) is 1.14. The molecule has 1 saturated heterocycles. The molecule has 1 fully saturated rings. The van der Waals surface area contributed by atoms with Crippen LogP contribution in [0.1, 0.15) is 16.8 Å². The van der Waals surface area contributed by atoms with E-state index in [9.17, 15) is 4.79 Å². The summed E-state index contributed by atoms with van der Waals surface area (Å²) in [5, 5.41) is 21.5. The number of nitrogens with zero attached hydrogens (tertiary/aromatic N) is 7. The molecule has 0 radical (unpaired) electrons. The zero-order valence-electron chi connectivity index (χ0n) is 19.4. The molecule has 0 saturated carbocycles. The topological polar surface area (TPSA) is 104 Å². The average molecular weight is 481 g/mol. The molecule has 0 spiro atoms. The molecule has 36 heavy (non-hydrogen) atoms. The number of fused-ring (bicyclic) bond motifs is 2. The van der Waals surface area contributed by atoms with Gasteiger partial charge in [-0.3, -0.25) is 14.5 Å². The van der Waals surface area contributed by atoms with Gasteiger partial charge in [0.1, 0.15) is 11.5 Å². The molecule has 178 valence electrons. The van der Waals surface area contributed by atoms with Gasteiger partial charge in [-0.15, -0.1) is 0 Å². The fourth-order valence-electron chi connectivity index (χ4n) is 4.68. The Labute approximate surface area is 205 Å². The molecule has 5 heterocycles. The molecular formula is C26H21FN8O. The summed E-state index contributed by atoms with van der Waals surface area (Å²) >= 11 is 0. The van der Waals surface area contributed by atoms with Gasteiger partial charge in [-0.25, -0.2) is 8.91 Å². The highest BCUT2D eigenvalue weighted by Gasteiger charge is 2.24. The molecule has 0 aliphatic carbocycles. The van der Waals surface area contributed by atoms with Gasteiger partial charge < -0.3 is 10.2 Å². The Hall–Kier alpha value is -4.78. The number of pyridine rings is 2. The van der Waals surface area contributed by atoms with Gasteiger partial charge in [0.05, 0.1) is 29.0 Å². The smallest absolute Gasteiger partial charge is 0.255 e. The number of rotatable bonds is 4. The van der Waals surface area contributed by atoms with Crippen molar-refractivity contribution in [2.75, 3.05) is 13.1 Å². The van der Waals surface area contributed by atoms with Crippen molar-refractivity contribution in [2.24, 2.45) is 7.05 Å². The number of likely N-dealkylation sites (tertiary alicyclic amines) is 1. The van der Waals surface area contributed by atoms with Crippen molar-refractivity contribution < 1.29 is 9.18 Å². The summed E-state index contributed by atoms with van der Waals surface area (Å²) in [7, 11) is 1.88. The van der Waals surface area contributed by atoms with Crippen molar-refractivity contribution in [1.82, 2.24) is 34.6 Å². The van der Waals surface area contributed by atoms with Crippen LogP contribution in [0.2, 0.25) is 0 Å². The third-order valence-electron chi connectivity index (χ3n) is 6.62. The molecule has 1 aromatic carbocycles. The highest BCUT2D eigenvalue weighted by Crippen LogP contribution is 2.28. The Morgan fingerprint density at radius 1 is 1.08 bits per heavy atom. The fourth-order valence-corrected chi connectivity index (χ4v) is 4.68. The Morgan fingerprint density at radius 2 is 1.92 bits per heavy atom. The molecule has 5 aromatic rings. The molecule has 9 nitrogen and oxygen atoms in total. The van der Waals surface area contributed by atoms with E-state index in [1.165, 1.54) is 12.3 Å². The van der Waals surface area contributed by atoms with E-state index in [4.69, 9.17) is 5.26 Å². The predicted octanol–water partition coefficient (Wildman–Crippen LogP) is 3.37. The van der Waals surface area contributed by atoms with E-state index < -0.39 is 5.82 Å². The van der Waals surface area contributed by atoms with Gasteiger partial charge >= 0.3 is 0 Å². The van der Waals surface area contributed by atoms with Crippen molar-refractivity contribution >= 4 is 22.3 Å². The SMILES string of the molecule is Cn1ncc2cc(-c3cnc(-c4ccc5c(C(=O)N[C@@H]6CCN(C#N)C6)cnn5c4)c(F)c3)ccc21. The predicted molar refractivity (Wildman–Crippen MR) is 131 cm³/mol. The van der Waals surface area contributed by atoms with Gasteiger partial charge in [-0.05, 0) is 42.3 Å². The Balaban J connectivity index is 1.26. The average Bonchev–Trinajstić information content (AvgIpc) is 3.62. The van der Waals surface area contributed by atoms with Crippen LogP contribution in [0.5, 0.6) is 0 Å². The molecule has 10 heteroatoms. The zero-order valence-corrected chi connectivity index (χ0v) is 19.4. The summed E-state index contributed by atoms with van der Waals surface area (Å²) in [6, 6.07) is 10.7. The van der Waals surface area contributed by atoms with Gasteiger partial charge in [-0.2, -0.15) is 15.5 Å². The van der Waals surface area contributed by atoms with E-state index in [2.05, 4.69) is 26.7 Å².